The summed E-state index contributed by atoms with van der Waals surface area (Å²) < 4.78 is 16.8. The third-order valence-corrected chi connectivity index (χ3v) is 7.62. The number of hydrogen-bond acceptors (Lipinski definition) is 8. The van der Waals surface area contributed by atoms with Crippen molar-refractivity contribution in [3.05, 3.63) is 66.1 Å². The molecule has 39 heavy (non-hydrogen) atoms. The summed E-state index contributed by atoms with van der Waals surface area (Å²) in [6, 6.07) is 15.8. The molecule has 1 aliphatic carbocycles. The molecule has 2 aromatic carbocycles. The first-order chi connectivity index (χ1) is 19.0. The Kier molecular flexibility index (Phi) is 6.84. The Bertz CT molecular complexity index is 1360. The molecule has 6 rings (SSSR count). The van der Waals surface area contributed by atoms with Gasteiger partial charge in [0.1, 0.15) is 19.9 Å². The van der Waals surface area contributed by atoms with Gasteiger partial charge >= 0.3 is 6.03 Å². The number of nitrogens with zero attached hydrogens (tertiary/aromatic N) is 4. The molecule has 4 atom stereocenters. The van der Waals surface area contributed by atoms with Gasteiger partial charge in [-0.05, 0) is 37.0 Å². The molecule has 3 aromatic rings. The van der Waals surface area contributed by atoms with Gasteiger partial charge in [-0.1, -0.05) is 54.5 Å². The predicted molar refractivity (Wildman–Crippen MR) is 138 cm³/mol. The van der Waals surface area contributed by atoms with Gasteiger partial charge in [0.2, 0.25) is 23.5 Å². The summed E-state index contributed by atoms with van der Waals surface area (Å²) in [6.45, 7) is 1.81. The molecule has 11 nitrogen and oxygen atoms in total. The standard InChI is InChI=1S/C28H29N5O6/c1-2-17-8-10-19(11-9-17)29-24(34)14-32-21-13-23-22(37-16-38-23)12-20(21)27(35)33(28(32)36)15-25-30-26(31-39-25)18-6-4-3-5-7-18/h3-11,20-23H,2,12-16H2,1H3,(H,29,34). The van der Waals surface area contributed by atoms with Crippen molar-refractivity contribution >= 4 is 23.5 Å². The van der Waals surface area contributed by atoms with E-state index in [-0.39, 0.29) is 49.8 Å². The topological polar surface area (TPSA) is 127 Å². The Hall–Kier alpha value is -4.09. The molecule has 2 aliphatic heterocycles. The van der Waals surface area contributed by atoms with Crippen LogP contribution in [0.1, 0.15) is 31.2 Å². The van der Waals surface area contributed by atoms with E-state index in [0.29, 0.717) is 24.4 Å². The van der Waals surface area contributed by atoms with Crippen molar-refractivity contribution in [3.8, 4) is 11.4 Å². The lowest BCUT2D eigenvalue weighted by atomic mass is 9.78. The van der Waals surface area contributed by atoms with E-state index in [1.54, 1.807) is 0 Å². The molecule has 2 saturated heterocycles. The van der Waals surface area contributed by atoms with Crippen molar-refractivity contribution in [2.75, 3.05) is 18.7 Å². The number of ether oxygens (including phenoxy) is 2. The van der Waals surface area contributed by atoms with Gasteiger partial charge < -0.3 is 24.2 Å². The van der Waals surface area contributed by atoms with E-state index in [0.717, 1.165) is 22.4 Å². The van der Waals surface area contributed by atoms with Crippen molar-refractivity contribution in [2.24, 2.45) is 5.92 Å². The van der Waals surface area contributed by atoms with Gasteiger partial charge in [-0.25, -0.2) is 4.79 Å². The van der Waals surface area contributed by atoms with E-state index >= 15 is 0 Å². The number of carbonyl (C=O) groups is 3. The van der Waals surface area contributed by atoms with Crippen LogP contribution in [0.25, 0.3) is 11.4 Å². The van der Waals surface area contributed by atoms with Crippen LogP contribution >= 0.6 is 0 Å². The Labute approximate surface area is 225 Å². The zero-order chi connectivity index (χ0) is 26.9. The maximum absolute atomic E-state index is 13.7. The third-order valence-electron chi connectivity index (χ3n) is 7.62. The predicted octanol–water partition coefficient (Wildman–Crippen LogP) is 3.22. The number of imide groups is 1. The third kappa shape index (κ3) is 5.02. The minimum atomic E-state index is -0.574. The molecule has 1 N–H and O–H groups in total. The van der Waals surface area contributed by atoms with E-state index < -0.39 is 18.0 Å². The molecule has 3 fully saturated rings. The fraction of sp³-hybridized carbons (Fsp3) is 0.393. The second-order valence-electron chi connectivity index (χ2n) is 9.98. The summed E-state index contributed by atoms with van der Waals surface area (Å²) in [5, 5.41) is 6.87. The number of fused-ring (bicyclic) bond motifs is 2. The lowest BCUT2D eigenvalue weighted by Crippen LogP contribution is -2.65. The van der Waals surface area contributed by atoms with E-state index in [4.69, 9.17) is 14.0 Å². The Morgan fingerprint density at radius 2 is 1.77 bits per heavy atom. The minimum Gasteiger partial charge on any atom is -0.349 e. The number of carbonyl (C=O) groups excluding carboxylic acids is 3. The summed E-state index contributed by atoms with van der Waals surface area (Å²) in [5.41, 5.74) is 2.55. The van der Waals surface area contributed by atoms with Crippen LogP contribution < -0.4 is 5.32 Å². The highest BCUT2D eigenvalue weighted by atomic mass is 16.7. The van der Waals surface area contributed by atoms with Crippen molar-refractivity contribution in [1.82, 2.24) is 19.9 Å². The van der Waals surface area contributed by atoms with Crippen LogP contribution in [-0.4, -0.2) is 69.4 Å². The average Bonchev–Trinajstić information content (AvgIpc) is 3.63. The minimum absolute atomic E-state index is 0.128. The van der Waals surface area contributed by atoms with E-state index in [2.05, 4.69) is 22.4 Å². The Morgan fingerprint density at radius 3 is 2.51 bits per heavy atom. The number of urea groups is 1. The molecular weight excluding hydrogens is 502 g/mol. The normalized spacial score (nSPS) is 24.4. The van der Waals surface area contributed by atoms with Gasteiger partial charge in [0.15, 0.2) is 0 Å². The first kappa shape index (κ1) is 25.2. The highest BCUT2D eigenvalue weighted by molar-refractivity contribution is 6.01. The summed E-state index contributed by atoms with van der Waals surface area (Å²) in [6.07, 6.45) is 1.25. The number of nitrogens with one attached hydrogen (secondary N) is 1. The SMILES string of the molecule is CCc1ccc(NC(=O)CN2C(=O)N(Cc3nc(-c4ccccc4)no3)C(=O)C3CC4OCOC4CC32)cc1. The van der Waals surface area contributed by atoms with Gasteiger partial charge in [-0.15, -0.1) is 0 Å². The molecule has 0 bridgehead atoms. The maximum Gasteiger partial charge on any atom is 0.327 e. The number of rotatable bonds is 7. The number of aromatic nitrogens is 2. The van der Waals surface area contributed by atoms with Gasteiger partial charge in [0.25, 0.3) is 0 Å². The molecule has 4 unspecified atom stereocenters. The molecule has 1 saturated carbocycles. The molecule has 3 heterocycles. The average molecular weight is 532 g/mol. The molecule has 11 heteroatoms. The second-order valence-corrected chi connectivity index (χ2v) is 9.98. The van der Waals surface area contributed by atoms with Crippen LogP contribution in [0.15, 0.2) is 59.1 Å². The highest BCUT2D eigenvalue weighted by Gasteiger charge is 2.53. The van der Waals surface area contributed by atoms with Gasteiger partial charge in [-0.3, -0.25) is 14.5 Å². The van der Waals surface area contributed by atoms with Crippen LogP contribution in [0.5, 0.6) is 0 Å². The van der Waals surface area contributed by atoms with E-state index in [1.165, 1.54) is 4.90 Å². The number of aryl methyl sites for hydroxylation is 1. The van der Waals surface area contributed by atoms with Gasteiger partial charge in [0, 0.05) is 17.3 Å². The lowest BCUT2D eigenvalue weighted by molar-refractivity contribution is -0.145. The molecule has 1 aromatic heterocycles. The van der Waals surface area contributed by atoms with Crippen LogP contribution in [0.2, 0.25) is 0 Å². The van der Waals surface area contributed by atoms with Crippen molar-refractivity contribution in [3.63, 3.8) is 0 Å². The summed E-state index contributed by atoms with van der Waals surface area (Å²) >= 11 is 0. The molecule has 0 spiro atoms. The number of hydrogen-bond donors (Lipinski definition) is 1. The maximum atomic E-state index is 13.7. The highest BCUT2D eigenvalue weighted by Crippen LogP contribution is 2.39. The summed E-state index contributed by atoms with van der Waals surface area (Å²) in [7, 11) is 0. The monoisotopic (exact) mass is 531 g/mol. The summed E-state index contributed by atoms with van der Waals surface area (Å²) in [5.74, 6) is -0.745. The zero-order valence-electron chi connectivity index (χ0n) is 21.5. The first-order valence-corrected chi connectivity index (χ1v) is 13.1. The number of anilines is 1. The molecular formula is C28H29N5O6. The van der Waals surface area contributed by atoms with Gasteiger partial charge in [-0.2, -0.15) is 4.98 Å². The number of amides is 4. The first-order valence-electron chi connectivity index (χ1n) is 13.1. The van der Waals surface area contributed by atoms with Gasteiger partial charge in [0.05, 0.1) is 18.1 Å². The van der Waals surface area contributed by atoms with Crippen molar-refractivity contribution < 1.29 is 28.4 Å². The quantitative estimate of drug-likeness (QED) is 0.492. The van der Waals surface area contributed by atoms with Crippen LogP contribution in [0.4, 0.5) is 10.5 Å². The Morgan fingerprint density at radius 1 is 1.03 bits per heavy atom. The summed E-state index contributed by atoms with van der Waals surface area (Å²) in [4.78, 5) is 47.4. The van der Waals surface area contributed by atoms with Crippen molar-refractivity contribution in [1.29, 1.82) is 0 Å². The number of benzene rings is 2. The molecule has 3 aliphatic rings. The Balaban J connectivity index is 1.23. The zero-order valence-corrected chi connectivity index (χ0v) is 21.5. The van der Waals surface area contributed by atoms with Crippen LogP contribution in [-0.2, 0) is 32.0 Å². The van der Waals surface area contributed by atoms with Crippen molar-refractivity contribution in [2.45, 2.75) is 51.0 Å². The second kappa shape index (κ2) is 10.6. The van der Waals surface area contributed by atoms with Crippen LogP contribution in [0.3, 0.4) is 0 Å². The van der Waals surface area contributed by atoms with Crippen LogP contribution in [0, 0.1) is 5.92 Å². The fourth-order valence-electron chi connectivity index (χ4n) is 5.55. The van der Waals surface area contributed by atoms with E-state index in [9.17, 15) is 14.4 Å². The largest absolute Gasteiger partial charge is 0.349 e. The fourth-order valence-corrected chi connectivity index (χ4v) is 5.55. The van der Waals surface area contributed by atoms with E-state index in [1.807, 2.05) is 54.6 Å². The smallest absolute Gasteiger partial charge is 0.327 e. The molecule has 0 radical (unpaired) electrons. The lowest BCUT2D eigenvalue weighted by Gasteiger charge is -2.48. The molecule has 202 valence electrons. The molecule has 4 amide bonds.